The lowest BCUT2D eigenvalue weighted by molar-refractivity contribution is -0.122. The first-order valence-corrected chi connectivity index (χ1v) is 9.05. The number of hydrogen-bond donors (Lipinski definition) is 2. The van der Waals surface area contributed by atoms with E-state index in [9.17, 15) is 9.59 Å². The predicted octanol–water partition coefficient (Wildman–Crippen LogP) is 1.52. The predicted molar refractivity (Wildman–Crippen MR) is 105 cm³/mol. The van der Waals surface area contributed by atoms with Crippen LogP contribution in [-0.2, 0) is 18.4 Å². The van der Waals surface area contributed by atoms with E-state index in [1.807, 2.05) is 38.1 Å². The van der Waals surface area contributed by atoms with E-state index in [1.165, 1.54) is 21.8 Å². The van der Waals surface area contributed by atoms with E-state index in [1.54, 1.807) is 7.05 Å². The molecule has 0 saturated heterocycles. The number of benzene rings is 1. The van der Waals surface area contributed by atoms with Gasteiger partial charge in [0.05, 0.1) is 23.3 Å². The molecule has 9 heteroatoms. The van der Waals surface area contributed by atoms with Crippen molar-refractivity contribution in [1.29, 1.82) is 0 Å². The molecule has 0 aliphatic rings. The Morgan fingerprint density at radius 2 is 2.07 bits per heavy atom. The van der Waals surface area contributed by atoms with Crippen molar-refractivity contribution >= 4 is 28.0 Å². The summed E-state index contributed by atoms with van der Waals surface area (Å²) in [4.78, 5) is 37.3. The number of para-hydroxylation sites is 2. The van der Waals surface area contributed by atoms with Crippen molar-refractivity contribution in [3.63, 3.8) is 0 Å². The fourth-order valence-electron chi connectivity index (χ4n) is 3.22. The van der Waals surface area contributed by atoms with Crippen LogP contribution < -0.4 is 10.9 Å². The number of H-pyrrole nitrogens is 1. The number of aryl methyl sites for hydroxylation is 1. The fourth-order valence-corrected chi connectivity index (χ4v) is 3.22. The highest BCUT2D eigenvalue weighted by Gasteiger charge is 2.22. The van der Waals surface area contributed by atoms with Crippen LogP contribution in [0.3, 0.4) is 0 Å². The maximum atomic E-state index is 12.6. The van der Waals surface area contributed by atoms with Crippen LogP contribution in [0.15, 0.2) is 41.6 Å². The molecule has 3 heterocycles. The Hall–Kier alpha value is -3.49. The molecule has 1 aromatic carbocycles. The van der Waals surface area contributed by atoms with Crippen molar-refractivity contribution in [3.8, 4) is 0 Å². The summed E-state index contributed by atoms with van der Waals surface area (Å²) in [6.45, 7) is 3.89. The SMILES string of the molecule is CC(C)C(NC(=O)Cn1cnc2c(cnn2C)c1=O)c1nc2ccccc2[nH]1. The van der Waals surface area contributed by atoms with E-state index >= 15 is 0 Å². The number of carbonyl (C=O) groups is 1. The summed E-state index contributed by atoms with van der Waals surface area (Å²) in [7, 11) is 1.71. The van der Waals surface area contributed by atoms with Gasteiger partial charge in [-0.3, -0.25) is 18.8 Å². The van der Waals surface area contributed by atoms with Crippen LogP contribution in [0.25, 0.3) is 22.1 Å². The Balaban J connectivity index is 1.57. The van der Waals surface area contributed by atoms with E-state index in [0.29, 0.717) is 16.9 Å². The van der Waals surface area contributed by atoms with Crippen LogP contribution in [0.1, 0.15) is 25.7 Å². The molecule has 2 N–H and O–H groups in total. The second-order valence-corrected chi connectivity index (χ2v) is 7.11. The number of imidazole rings is 1. The summed E-state index contributed by atoms with van der Waals surface area (Å²) in [5, 5.41) is 7.40. The number of nitrogens with zero attached hydrogens (tertiary/aromatic N) is 5. The van der Waals surface area contributed by atoms with Crippen LogP contribution in [0.4, 0.5) is 0 Å². The van der Waals surface area contributed by atoms with Crippen molar-refractivity contribution in [1.82, 2.24) is 34.6 Å². The summed E-state index contributed by atoms with van der Waals surface area (Å²) in [6, 6.07) is 7.42. The minimum atomic E-state index is -0.300. The molecule has 1 unspecified atom stereocenters. The molecule has 0 spiro atoms. The summed E-state index contributed by atoms with van der Waals surface area (Å²) in [5.41, 5.74) is 1.96. The Kier molecular flexibility index (Phi) is 4.42. The quantitative estimate of drug-likeness (QED) is 0.546. The summed E-state index contributed by atoms with van der Waals surface area (Å²) < 4.78 is 2.81. The van der Waals surface area contributed by atoms with Crippen LogP contribution in [0.5, 0.6) is 0 Å². The lowest BCUT2D eigenvalue weighted by Gasteiger charge is -2.20. The third kappa shape index (κ3) is 3.15. The third-order valence-electron chi connectivity index (χ3n) is 4.72. The average molecular weight is 379 g/mol. The normalized spacial score (nSPS) is 12.7. The van der Waals surface area contributed by atoms with E-state index < -0.39 is 0 Å². The van der Waals surface area contributed by atoms with E-state index in [0.717, 1.165) is 11.0 Å². The first-order chi connectivity index (χ1) is 13.4. The zero-order chi connectivity index (χ0) is 19.8. The number of aromatic nitrogens is 6. The molecule has 0 bridgehead atoms. The zero-order valence-corrected chi connectivity index (χ0v) is 15.9. The number of carbonyl (C=O) groups excluding carboxylic acids is 1. The van der Waals surface area contributed by atoms with Crippen molar-refractivity contribution in [2.24, 2.45) is 13.0 Å². The average Bonchev–Trinajstić information content (AvgIpc) is 3.25. The van der Waals surface area contributed by atoms with Gasteiger partial charge in [0.2, 0.25) is 5.91 Å². The van der Waals surface area contributed by atoms with Gasteiger partial charge in [-0.05, 0) is 18.1 Å². The molecule has 1 atom stereocenters. The standard InChI is InChI=1S/C19H21N7O2/c1-11(2)16(17-22-13-6-4-5-7-14(13)23-17)24-15(27)9-26-10-20-18-12(19(26)28)8-21-25(18)3/h4-8,10-11,16H,9H2,1-3H3,(H,22,23)(H,24,27). The molecule has 4 aromatic rings. The number of aromatic amines is 1. The fraction of sp³-hybridized carbons (Fsp3) is 0.316. The zero-order valence-electron chi connectivity index (χ0n) is 15.9. The van der Waals surface area contributed by atoms with Crippen molar-refractivity contribution in [2.75, 3.05) is 0 Å². The monoisotopic (exact) mass is 379 g/mol. The second-order valence-electron chi connectivity index (χ2n) is 7.11. The number of rotatable bonds is 5. The highest BCUT2D eigenvalue weighted by Crippen LogP contribution is 2.22. The van der Waals surface area contributed by atoms with E-state index in [2.05, 4.69) is 25.4 Å². The molecule has 9 nitrogen and oxygen atoms in total. The van der Waals surface area contributed by atoms with Crippen molar-refractivity contribution < 1.29 is 4.79 Å². The third-order valence-corrected chi connectivity index (χ3v) is 4.72. The molecular weight excluding hydrogens is 358 g/mol. The van der Waals surface area contributed by atoms with Gasteiger partial charge in [-0.25, -0.2) is 9.97 Å². The maximum Gasteiger partial charge on any atom is 0.264 e. The number of amides is 1. The van der Waals surface area contributed by atoms with Gasteiger partial charge < -0.3 is 10.3 Å². The minimum Gasteiger partial charge on any atom is -0.344 e. The molecule has 0 saturated carbocycles. The largest absolute Gasteiger partial charge is 0.344 e. The molecule has 4 rings (SSSR count). The highest BCUT2D eigenvalue weighted by atomic mass is 16.2. The van der Waals surface area contributed by atoms with Crippen molar-refractivity contribution in [2.45, 2.75) is 26.4 Å². The smallest absolute Gasteiger partial charge is 0.264 e. The molecule has 3 aromatic heterocycles. The van der Waals surface area contributed by atoms with Gasteiger partial charge in [-0.1, -0.05) is 26.0 Å². The van der Waals surface area contributed by atoms with Gasteiger partial charge >= 0.3 is 0 Å². The molecular formula is C19H21N7O2. The summed E-state index contributed by atoms with van der Waals surface area (Å²) in [6.07, 6.45) is 2.84. The Bertz CT molecular complexity index is 1180. The van der Waals surface area contributed by atoms with Crippen LogP contribution in [0.2, 0.25) is 0 Å². The molecule has 28 heavy (non-hydrogen) atoms. The molecule has 0 aliphatic carbocycles. The first-order valence-electron chi connectivity index (χ1n) is 9.05. The highest BCUT2D eigenvalue weighted by molar-refractivity contribution is 5.78. The topological polar surface area (TPSA) is 110 Å². The molecule has 0 radical (unpaired) electrons. The lowest BCUT2D eigenvalue weighted by atomic mass is 10.0. The van der Waals surface area contributed by atoms with E-state index in [4.69, 9.17) is 0 Å². The lowest BCUT2D eigenvalue weighted by Crippen LogP contribution is -2.37. The van der Waals surface area contributed by atoms with Crippen LogP contribution in [-0.4, -0.2) is 35.2 Å². The Morgan fingerprint density at radius 3 is 2.82 bits per heavy atom. The van der Waals surface area contributed by atoms with E-state index in [-0.39, 0.29) is 30.0 Å². The Morgan fingerprint density at radius 1 is 1.29 bits per heavy atom. The van der Waals surface area contributed by atoms with Gasteiger partial charge in [0.1, 0.15) is 24.1 Å². The van der Waals surface area contributed by atoms with Gasteiger partial charge in [0.15, 0.2) is 5.65 Å². The number of fused-ring (bicyclic) bond motifs is 2. The molecule has 1 amide bonds. The summed E-state index contributed by atoms with van der Waals surface area (Å²) in [5.74, 6) is 0.518. The number of hydrogen-bond acceptors (Lipinski definition) is 5. The van der Waals surface area contributed by atoms with Gasteiger partial charge in [-0.15, -0.1) is 0 Å². The second kappa shape index (κ2) is 6.91. The minimum absolute atomic E-state index is 0.111. The van der Waals surface area contributed by atoms with Gasteiger partial charge in [0, 0.05) is 7.05 Å². The molecule has 0 aliphatic heterocycles. The molecule has 144 valence electrons. The van der Waals surface area contributed by atoms with Gasteiger partial charge in [-0.2, -0.15) is 5.10 Å². The summed E-state index contributed by atoms with van der Waals surface area (Å²) >= 11 is 0. The van der Waals surface area contributed by atoms with Crippen molar-refractivity contribution in [3.05, 3.63) is 53.0 Å². The Labute approximate surface area is 160 Å². The molecule has 0 fully saturated rings. The van der Waals surface area contributed by atoms with Gasteiger partial charge in [0.25, 0.3) is 5.56 Å². The number of nitrogens with one attached hydrogen (secondary N) is 2. The first kappa shape index (κ1) is 17.9. The van der Waals surface area contributed by atoms with Crippen LogP contribution in [0, 0.1) is 5.92 Å². The maximum absolute atomic E-state index is 12.6. The van der Waals surface area contributed by atoms with Crippen LogP contribution >= 0.6 is 0 Å².